The molecule has 4 aromatic carbocycles. The molecule has 0 spiro atoms. The second kappa shape index (κ2) is 8.71. The normalized spacial score (nSPS) is 12.8. The first-order valence-electron chi connectivity index (χ1n) is 10.9. The van der Waals surface area contributed by atoms with Crippen LogP contribution in [0.25, 0.3) is 10.8 Å². The highest BCUT2D eigenvalue weighted by Gasteiger charge is 2.33. The van der Waals surface area contributed by atoms with Gasteiger partial charge in [-0.15, -0.1) is 0 Å². The Morgan fingerprint density at radius 3 is 1.88 bits per heavy atom. The second-order valence-electron chi connectivity index (χ2n) is 8.05. The number of benzene rings is 4. The van der Waals surface area contributed by atoms with Gasteiger partial charge in [0.1, 0.15) is 0 Å². The van der Waals surface area contributed by atoms with E-state index in [1.807, 2.05) is 72.8 Å². The summed E-state index contributed by atoms with van der Waals surface area (Å²) in [4.78, 5) is 42.7. The van der Waals surface area contributed by atoms with E-state index < -0.39 is 0 Å². The number of nitrogens with zero attached hydrogens (tertiary/aromatic N) is 2. The molecule has 33 heavy (non-hydrogen) atoms. The molecule has 0 unspecified atom stereocenters. The van der Waals surface area contributed by atoms with Gasteiger partial charge in [-0.25, -0.2) is 0 Å². The molecule has 0 saturated heterocycles. The maximum atomic E-state index is 13.3. The van der Waals surface area contributed by atoms with Crippen LogP contribution in [0.2, 0.25) is 0 Å². The lowest BCUT2D eigenvalue weighted by Gasteiger charge is -2.30. The smallest absolute Gasteiger partial charge is 0.261 e. The highest BCUT2D eigenvalue weighted by molar-refractivity contribution is 6.25. The largest absolute Gasteiger partial charge is 0.333 e. The van der Waals surface area contributed by atoms with Crippen LogP contribution in [0, 0.1) is 0 Å². The monoisotopic (exact) mass is 434 g/mol. The van der Waals surface area contributed by atoms with Crippen molar-refractivity contribution >= 4 is 28.5 Å². The van der Waals surface area contributed by atoms with Crippen molar-refractivity contribution in [3.63, 3.8) is 0 Å². The molecule has 1 aliphatic rings. The SMILES string of the molecule is O=C(c1ccccc1)N(CCN1C(=O)c2cccc3cccc(c23)C1=O)Cc1ccccc1. The van der Waals surface area contributed by atoms with E-state index in [9.17, 15) is 14.4 Å². The first kappa shape index (κ1) is 20.6. The van der Waals surface area contributed by atoms with Crippen molar-refractivity contribution in [2.75, 3.05) is 13.1 Å². The number of carbonyl (C=O) groups excluding carboxylic acids is 3. The molecule has 0 N–H and O–H groups in total. The lowest BCUT2D eigenvalue weighted by molar-refractivity contribution is 0.0559. The highest BCUT2D eigenvalue weighted by Crippen LogP contribution is 2.29. The third kappa shape index (κ3) is 3.89. The van der Waals surface area contributed by atoms with Gasteiger partial charge < -0.3 is 4.90 Å². The molecule has 5 nitrogen and oxygen atoms in total. The topological polar surface area (TPSA) is 57.7 Å². The highest BCUT2D eigenvalue weighted by atomic mass is 16.2. The molecule has 0 saturated carbocycles. The summed E-state index contributed by atoms with van der Waals surface area (Å²) in [5, 5.41) is 1.57. The predicted octanol–water partition coefficient (Wildman–Crippen LogP) is 4.78. The lowest BCUT2D eigenvalue weighted by Crippen LogP contribution is -2.45. The summed E-state index contributed by atoms with van der Waals surface area (Å²) < 4.78 is 0. The van der Waals surface area contributed by atoms with Crippen molar-refractivity contribution < 1.29 is 14.4 Å². The summed E-state index contributed by atoms with van der Waals surface area (Å²) in [7, 11) is 0. The third-order valence-electron chi connectivity index (χ3n) is 5.97. The van der Waals surface area contributed by atoms with Gasteiger partial charge in [-0.2, -0.15) is 0 Å². The maximum Gasteiger partial charge on any atom is 0.261 e. The van der Waals surface area contributed by atoms with Crippen LogP contribution >= 0.6 is 0 Å². The summed E-state index contributed by atoms with van der Waals surface area (Å²) in [6.45, 7) is 0.739. The summed E-state index contributed by atoms with van der Waals surface area (Å²) in [6.07, 6.45) is 0. The van der Waals surface area contributed by atoms with Crippen molar-refractivity contribution in [1.82, 2.24) is 9.80 Å². The van der Waals surface area contributed by atoms with E-state index in [-0.39, 0.29) is 30.8 Å². The predicted molar refractivity (Wildman–Crippen MR) is 127 cm³/mol. The van der Waals surface area contributed by atoms with Crippen LogP contribution in [-0.4, -0.2) is 40.6 Å². The number of carbonyl (C=O) groups is 3. The summed E-state index contributed by atoms with van der Waals surface area (Å²) in [6, 6.07) is 29.7. The van der Waals surface area contributed by atoms with Gasteiger partial charge >= 0.3 is 0 Å². The minimum absolute atomic E-state index is 0.119. The van der Waals surface area contributed by atoms with Gasteiger partial charge in [-0.05, 0) is 35.2 Å². The molecule has 5 heteroatoms. The Balaban J connectivity index is 1.42. The van der Waals surface area contributed by atoms with Crippen LogP contribution in [0.4, 0.5) is 0 Å². The van der Waals surface area contributed by atoms with Gasteiger partial charge in [-0.3, -0.25) is 19.3 Å². The fourth-order valence-electron chi connectivity index (χ4n) is 4.32. The molecular weight excluding hydrogens is 412 g/mol. The van der Waals surface area contributed by atoms with Gasteiger partial charge in [0.05, 0.1) is 0 Å². The van der Waals surface area contributed by atoms with E-state index in [4.69, 9.17) is 0 Å². The number of rotatable bonds is 6. The van der Waals surface area contributed by atoms with Gasteiger partial charge in [0.15, 0.2) is 0 Å². The van der Waals surface area contributed by atoms with E-state index in [0.717, 1.165) is 10.9 Å². The molecule has 0 atom stereocenters. The quantitative estimate of drug-likeness (QED) is 0.411. The van der Waals surface area contributed by atoms with E-state index in [0.29, 0.717) is 28.6 Å². The molecule has 0 aliphatic carbocycles. The van der Waals surface area contributed by atoms with Crippen LogP contribution in [0.3, 0.4) is 0 Å². The Morgan fingerprint density at radius 1 is 0.697 bits per heavy atom. The number of imide groups is 1. The first-order valence-corrected chi connectivity index (χ1v) is 10.9. The van der Waals surface area contributed by atoms with Gasteiger partial charge in [0.2, 0.25) is 0 Å². The molecule has 1 aliphatic heterocycles. The Kier molecular flexibility index (Phi) is 5.45. The van der Waals surface area contributed by atoms with Crippen LogP contribution in [0.5, 0.6) is 0 Å². The summed E-state index contributed by atoms with van der Waals surface area (Å²) in [5.74, 6) is -0.786. The number of hydrogen-bond acceptors (Lipinski definition) is 3. The summed E-state index contributed by atoms with van der Waals surface area (Å²) >= 11 is 0. The van der Waals surface area contributed by atoms with E-state index in [1.165, 1.54) is 4.90 Å². The zero-order valence-corrected chi connectivity index (χ0v) is 18.0. The van der Waals surface area contributed by atoms with E-state index in [1.54, 1.807) is 29.2 Å². The molecule has 3 amide bonds. The number of amides is 3. The fourth-order valence-corrected chi connectivity index (χ4v) is 4.32. The Morgan fingerprint density at radius 2 is 1.27 bits per heavy atom. The standard InChI is InChI=1S/C28H22N2O3/c31-26(22-11-5-2-6-12-22)29(19-20-9-3-1-4-10-20)17-18-30-27(32)23-15-7-13-21-14-8-16-24(25(21)23)28(30)33/h1-16H,17-19H2. The molecule has 0 bridgehead atoms. The minimum Gasteiger partial charge on any atom is -0.333 e. The molecule has 1 heterocycles. The Labute approximate surface area is 191 Å². The summed E-state index contributed by atoms with van der Waals surface area (Å²) in [5.41, 5.74) is 2.59. The van der Waals surface area contributed by atoms with Crippen LogP contribution < -0.4 is 0 Å². The maximum absolute atomic E-state index is 13.3. The Bertz CT molecular complexity index is 1300. The zero-order chi connectivity index (χ0) is 22.8. The average molecular weight is 434 g/mol. The average Bonchev–Trinajstić information content (AvgIpc) is 2.87. The fraction of sp³-hybridized carbons (Fsp3) is 0.107. The molecular formula is C28H22N2O3. The van der Waals surface area contributed by atoms with Crippen molar-refractivity contribution in [1.29, 1.82) is 0 Å². The lowest BCUT2D eigenvalue weighted by atomic mass is 9.94. The molecule has 4 aromatic rings. The van der Waals surface area contributed by atoms with Crippen molar-refractivity contribution in [2.45, 2.75) is 6.54 Å². The second-order valence-corrected chi connectivity index (χ2v) is 8.05. The minimum atomic E-state index is -0.323. The van der Waals surface area contributed by atoms with Gasteiger partial charge in [-0.1, -0.05) is 72.8 Å². The van der Waals surface area contributed by atoms with Crippen LogP contribution in [-0.2, 0) is 6.54 Å². The van der Waals surface area contributed by atoms with E-state index >= 15 is 0 Å². The molecule has 162 valence electrons. The Hall–Kier alpha value is -4.25. The van der Waals surface area contributed by atoms with Crippen molar-refractivity contribution in [3.8, 4) is 0 Å². The number of hydrogen-bond donors (Lipinski definition) is 0. The molecule has 0 aromatic heterocycles. The van der Waals surface area contributed by atoms with Gasteiger partial charge in [0, 0.05) is 41.7 Å². The molecule has 5 rings (SSSR count). The zero-order valence-electron chi connectivity index (χ0n) is 18.0. The van der Waals surface area contributed by atoms with Crippen molar-refractivity contribution in [2.24, 2.45) is 0 Å². The van der Waals surface area contributed by atoms with E-state index in [2.05, 4.69) is 0 Å². The van der Waals surface area contributed by atoms with Crippen molar-refractivity contribution in [3.05, 3.63) is 119 Å². The van der Waals surface area contributed by atoms with Gasteiger partial charge in [0.25, 0.3) is 17.7 Å². The third-order valence-corrected chi connectivity index (χ3v) is 5.97. The molecule has 0 radical (unpaired) electrons. The molecule has 0 fully saturated rings. The van der Waals surface area contributed by atoms with Crippen LogP contribution in [0.15, 0.2) is 97.1 Å². The van der Waals surface area contributed by atoms with Crippen LogP contribution in [0.1, 0.15) is 36.6 Å². The first-order chi connectivity index (χ1) is 16.1.